The molecule has 0 unspecified atom stereocenters. The molecule has 0 fully saturated rings. The van der Waals surface area contributed by atoms with Crippen LogP contribution in [-0.2, 0) is 0 Å². The summed E-state index contributed by atoms with van der Waals surface area (Å²) in [6.45, 7) is 0. The predicted octanol–water partition coefficient (Wildman–Crippen LogP) is 3.21. The molecule has 0 spiro atoms. The average molecular weight is 334 g/mol. The third-order valence-electron chi connectivity index (χ3n) is 3.06. The molecule has 1 aromatic carbocycles. The molecule has 23 heavy (non-hydrogen) atoms. The van der Waals surface area contributed by atoms with Gasteiger partial charge in [-0.2, -0.15) is 14.9 Å². The Morgan fingerprint density at radius 1 is 1.26 bits per heavy atom. The molecule has 0 saturated carbocycles. The molecule has 0 bridgehead atoms. The highest BCUT2D eigenvalue weighted by Gasteiger charge is 2.19. The minimum atomic E-state index is -2.75. The van der Waals surface area contributed by atoms with Gasteiger partial charge in [0.1, 0.15) is 0 Å². The van der Waals surface area contributed by atoms with Crippen LogP contribution in [0.2, 0.25) is 0 Å². The van der Waals surface area contributed by atoms with E-state index in [2.05, 4.69) is 25.5 Å². The zero-order valence-corrected chi connectivity index (χ0v) is 12.8. The van der Waals surface area contributed by atoms with E-state index in [4.69, 9.17) is 0 Å². The number of halogens is 2. The molecule has 0 amide bonds. The van der Waals surface area contributed by atoms with Crippen LogP contribution in [0, 0.1) is 0 Å². The van der Waals surface area contributed by atoms with Gasteiger partial charge in [0.25, 0.3) is 6.43 Å². The molecule has 0 atom stereocenters. The van der Waals surface area contributed by atoms with Gasteiger partial charge in [-0.05, 0) is 6.26 Å². The van der Waals surface area contributed by atoms with E-state index in [0.29, 0.717) is 10.7 Å². The van der Waals surface area contributed by atoms with Gasteiger partial charge in [0.15, 0.2) is 0 Å². The van der Waals surface area contributed by atoms with Crippen molar-refractivity contribution in [1.82, 2.24) is 25.1 Å². The van der Waals surface area contributed by atoms with Crippen molar-refractivity contribution in [2.75, 3.05) is 6.26 Å². The average Bonchev–Trinajstić information content (AvgIpc) is 3.20. The van der Waals surface area contributed by atoms with E-state index in [1.807, 2.05) is 30.3 Å². The maximum absolute atomic E-state index is 13.0. The van der Waals surface area contributed by atoms with Gasteiger partial charge in [-0.25, -0.2) is 8.78 Å². The number of nitrogens with one attached hydrogen (secondary N) is 1. The lowest BCUT2D eigenvalue weighted by atomic mass is 10.1. The molecule has 1 N–H and O–H groups in total. The van der Waals surface area contributed by atoms with Crippen LogP contribution in [0.4, 0.5) is 8.78 Å². The lowest BCUT2D eigenvalue weighted by molar-refractivity contribution is 0.135. The third-order valence-corrected chi connectivity index (χ3v) is 3.68. The van der Waals surface area contributed by atoms with Crippen molar-refractivity contribution >= 4 is 18.0 Å². The molecule has 9 heteroatoms. The maximum Gasteiger partial charge on any atom is 0.299 e. The number of thioether (sulfide) groups is 1. The van der Waals surface area contributed by atoms with Crippen molar-refractivity contribution < 1.29 is 8.78 Å². The Balaban J connectivity index is 1.96. The standard InChI is InChI=1S/C14H12F2N6S/c1-23-14-21-20-13(12(15)16)22(14)18-8-10-7-17-19-11(10)9-5-3-2-4-6-9/h2-8,12H,1H3,(H,17,19). The van der Waals surface area contributed by atoms with E-state index in [1.54, 1.807) is 12.5 Å². The summed E-state index contributed by atoms with van der Waals surface area (Å²) in [6.07, 6.45) is 2.01. The van der Waals surface area contributed by atoms with E-state index in [9.17, 15) is 8.78 Å². The van der Waals surface area contributed by atoms with Gasteiger partial charge < -0.3 is 0 Å². The highest BCUT2D eigenvalue weighted by atomic mass is 32.2. The number of hydrogen-bond donors (Lipinski definition) is 1. The number of nitrogens with zero attached hydrogens (tertiary/aromatic N) is 5. The Labute approximate surface area is 134 Å². The van der Waals surface area contributed by atoms with Crippen molar-refractivity contribution in [3.8, 4) is 11.3 Å². The van der Waals surface area contributed by atoms with Gasteiger partial charge >= 0.3 is 0 Å². The van der Waals surface area contributed by atoms with E-state index in [1.165, 1.54) is 18.0 Å². The van der Waals surface area contributed by atoms with Crippen LogP contribution in [-0.4, -0.2) is 37.5 Å². The number of rotatable bonds is 5. The topological polar surface area (TPSA) is 71.8 Å². The number of alkyl halides is 2. The molecule has 6 nitrogen and oxygen atoms in total. The predicted molar refractivity (Wildman–Crippen MR) is 83.8 cm³/mol. The first-order valence-electron chi connectivity index (χ1n) is 6.61. The first-order chi connectivity index (χ1) is 11.2. The van der Waals surface area contributed by atoms with Crippen molar-refractivity contribution in [1.29, 1.82) is 0 Å². The normalized spacial score (nSPS) is 11.7. The second-order valence-electron chi connectivity index (χ2n) is 4.47. The lowest BCUT2D eigenvalue weighted by Crippen LogP contribution is -2.00. The molecule has 3 rings (SSSR count). The Kier molecular flexibility index (Phi) is 4.47. The van der Waals surface area contributed by atoms with Crippen molar-refractivity contribution in [2.45, 2.75) is 11.6 Å². The van der Waals surface area contributed by atoms with Crippen LogP contribution in [0.15, 0.2) is 46.8 Å². The minimum Gasteiger partial charge on any atom is -0.277 e. The van der Waals surface area contributed by atoms with Crippen LogP contribution in [0.25, 0.3) is 11.3 Å². The smallest absolute Gasteiger partial charge is 0.277 e. The Morgan fingerprint density at radius 3 is 2.74 bits per heavy atom. The summed E-state index contributed by atoms with van der Waals surface area (Å²) in [5.74, 6) is -0.490. The fourth-order valence-corrected chi connectivity index (χ4v) is 2.43. The number of hydrogen-bond acceptors (Lipinski definition) is 5. The number of benzene rings is 1. The fourth-order valence-electron chi connectivity index (χ4n) is 2.00. The summed E-state index contributed by atoms with van der Waals surface area (Å²) in [6, 6.07) is 9.54. The maximum atomic E-state index is 13.0. The van der Waals surface area contributed by atoms with Gasteiger partial charge in [-0.1, -0.05) is 42.1 Å². The Bertz CT molecular complexity index is 812. The van der Waals surface area contributed by atoms with Crippen LogP contribution in [0.1, 0.15) is 17.8 Å². The zero-order chi connectivity index (χ0) is 16.2. The van der Waals surface area contributed by atoms with Gasteiger partial charge in [-0.15, -0.1) is 10.2 Å². The molecule has 0 aliphatic carbocycles. The van der Waals surface area contributed by atoms with Gasteiger partial charge in [0.2, 0.25) is 11.0 Å². The molecular formula is C14H12F2N6S. The van der Waals surface area contributed by atoms with E-state index >= 15 is 0 Å². The fraction of sp³-hybridized carbons (Fsp3) is 0.143. The summed E-state index contributed by atoms with van der Waals surface area (Å²) in [5.41, 5.74) is 2.36. The monoisotopic (exact) mass is 334 g/mol. The molecule has 0 radical (unpaired) electrons. The van der Waals surface area contributed by atoms with E-state index in [-0.39, 0.29) is 0 Å². The van der Waals surface area contributed by atoms with Crippen molar-refractivity contribution in [3.05, 3.63) is 47.9 Å². The zero-order valence-electron chi connectivity index (χ0n) is 12.0. The number of aromatic nitrogens is 5. The summed E-state index contributed by atoms with van der Waals surface area (Å²) >= 11 is 1.19. The number of aromatic amines is 1. The van der Waals surface area contributed by atoms with Crippen LogP contribution < -0.4 is 0 Å². The molecular weight excluding hydrogens is 322 g/mol. The molecule has 2 heterocycles. The first-order valence-corrected chi connectivity index (χ1v) is 7.83. The summed E-state index contributed by atoms with van der Waals surface area (Å²) in [7, 11) is 0. The first kappa shape index (κ1) is 15.3. The molecule has 0 aliphatic rings. The summed E-state index contributed by atoms with van der Waals surface area (Å²) < 4.78 is 27.0. The molecule has 0 aliphatic heterocycles. The Hall–Kier alpha value is -2.55. The number of H-pyrrole nitrogens is 1. The summed E-state index contributed by atoms with van der Waals surface area (Å²) in [4.78, 5) is 0. The molecule has 3 aromatic rings. The van der Waals surface area contributed by atoms with Gasteiger partial charge in [-0.3, -0.25) is 5.10 Å². The molecule has 0 saturated heterocycles. The van der Waals surface area contributed by atoms with Crippen molar-refractivity contribution in [2.24, 2.45) is 5.10 Å². The largest absolute Gasteiger partial charge is 0.299 e. The van der Waals surface area contributed by atoms with Gasteiger partial charge in [0.05, 0.1) is 18.1 Å². The van der Waals surface area contributed by atoms with Crippen LogP contribution in [0.5, 0.6) is 0 Å². The Morgan fingerprint density at radius 2 is 2.04 bits per heavy atom. The SMILES string of the molecule is CSc1nnc(C(F)F)n1N=Cc1cn[nH]c1-c1ccccc1. The van der Waals surface area contributed by atoms with E-state index < -0.39 is 12.2 Å². The van der Waals surface area contributed by atoms with Gasteiger partial charge in [0, 0.05) is 11.1 Å². The third kappa shape index (κ3) is 3.14. The summed E-state index contributed by atoms with van der Waals surface area (Å²) in [5, 5.41) is 18.4. The van der Waals surface area contributed by atoms with E-state index in [0.717, 1.165) is 15.9 Å². The minimum absolute atomic E-state index is 0.293. The quantitative estimate of drug-likeness (QED) is 0.574. The van der Waals surface area contributed by atoms with Crippen LogP contribution >= 0.6 is 11.8 Å². The molecule has 2 aromatic heterocycles. The highest BCUT2D eigenvalue weighted by Crippen LogP contribution is 2.23. The molecule has 118 valence electrons. The van der Waals surface area contributed by atoms with Crippen molar-refractivity contribution in [3.63, 3.8) is 0 Å². The second kappa shape index (κ2) is 6.69. The van der Waals surface area contributed by atoms with Crippen LogP contribution in [0.3, 0.4) is 0 Å². The second-order valence-corrected chi connectivity index (χ2v) is 5.24. The highest BCUT2D eigenvalue weighted by molar-refractivity contribution is 7.98. The lowest BCUT2D eigenvalue weighted by Gasteiger charge is -2.02.